The van der Waals surface area contributed by atoms with Gasteiger partial charge in [0, 0.05) is 43.1 Å². The minimum absolute atomic E-state index is 0.0187. The van der Waals surface area contributed by atoms with Gasteiger partial charge in [0.25, 0.3) is 15.9 Å². The molecule has 4 aromatic carbocycles. The Morgan fingerprint density at radius 3 is 2.13 bits per heavy atom. The lowest BCUT2D eigenvalue weighted by Crippen LogP contribution is -2.48. The van der Waals surface area contributed by atoms with Gasteiger partial charge in [0.15, 0.2) is 0 Å². The number of piperazine rings is 1. The van der Waals surface area contributed by atoms with Crippen molar-refractivity contribution in [2.75, 3.05) is 35.8 Å². The van der Waals surface area contributed by atoms with Crippen LogP contribution in [0.25, 0.3) is 10.8 Å². The highest BCUT2D eigenvalue weighted by atomic mass is 32.2. The molecule has 0 spiro atoms. The minimum Gasteiger partial charge on any atom is -0.368 e. The highest BCUT2D eigenvalue weighted by Gasteiger charge is 2.31. The van der Waals surface area contributed by atoms with Crippen LogP contribution in [0.3, 0.4) is 0 Å². The van der Waals surface area contributed by atoms with Crippen molar-refractivity contribution in [1.82, 2.24) is 4.90 Å². The molecular weight excluding hydrogens is 515 g/mol. The zero-order chi connectivity index (χ0) is 26.9. The van der Waals surface area contributed by atoms with Crippen molar-refractivity contribution in [2.24, 2.45) is 0 Å². The predicted octanol–water partition coefficient (Wildman–Crippen LogP) is 5.62. The summed E-state index contributed by atoms with van der Waals surface area (Å²) in [6.45, 7) is 2.29. The Morgan fingerprint density at radius 1 is 0.763 bits per heavy atom. The van der Waals surface area contributed by atoms with Crippen molar-refractivity contribution in [3.05, 3.63) is 102 Å². The second kappa shape index (κ2) is 10.0. The van der Waals surface area contributed by atoms with E-state index >= 15 is 0 Å². The molecule has 0 atom stereocenters. The molecule has 1 aliphatic heterocycles. The van der Waals surface area contributed by atoms with E-state index in [4.69, 9.17) is 0 Å². The lowest BCUT2D eigenvalue weighted by atomic mass is 10.1. The van der Waals surface area contributed by atoms with Gasteiger partial charge in [0.1, 0.15) is 0 Å². The molecule has 0 aromatic heterocycles. The monoisotopic (exact) mass is 539 g/mol. The molecule has 1 amide bonds. The number of sulfonamides is 1. The molecule has 0 aliphatic carbocycles. The van der Waals surface area contributed by atoms with Crippen LogP contribution in [0.2, 0.25) is 0 Å². The molecule has 196 valence electrons. The predicted molar refractivity (Wildman–Crippen MR) is 141 cm³/mol. The van der Waals surface area contributed by atoms with E-state index < -0.39 is 26.7 Å². The molecule has 1 N–H and O–H groups in total. The van der Waals surface area contributed by atoms with Crippen molar-refractivity contribution in [3.8, 4) is 0 Å². The van der Waals surface area contributed by atoms with Gasteiger partial charge in [-0.2, -0.15) is 13.2 Å². The molecule has 1 heterocycles. The summed E-state index contributed by atoms with van der Waals surface area (Å²) in [5.41, 5.74) is 0.699. The number of alkyl halides is 3. The van der Waals surface area contributed by atoms with E-state index in [0.717, 1.165) is 34.7 Å². The number of halogens is 3. The Morgan fingerprint density at radius 2 is 1.45 bits per heavy atom. The Kier molecular flexibility index (Phi) is 6.75. The standard InChI is InChI=1S/C28H24F3N3O3S/c29-28(30,31)23-6-3-7-26(19-23)38(36,37)32-24-10-12-25(13-11-24)33-14-16-34(17-15-33)27(35)22-9-8-20-4-1-2-5-21(20)18-22/h1-13,18-19,32H,14-17H2. The van der Waals surface area contributed by atoms with E-state index in [9.17, 15) is 26.4 Å². The molecule has 0 radical (unpaired) electrons. The van der Waals surface area contributed by atoms with Gasteiger partial charge in [-0.15, -0.1) is 0 Å². The van der Waals surface area contributed by atoms with Crippen LogP contribution in [0.1, 0.15) is 15.9 Å². The number of nitrogens with zero attached hydrogens (tertiary/aromatic N) is 2. The number of hydrogen-bond donors (Lipinski definition) is 1. The lowest BCUT2D eigenvalue weighted by Gasteiger charge is -2.36. The number of carbonyl (C=O) groups excluding carboxylic acids is 1. The van der Waals surface area contributed by atoms with E-state index in [1.807, 2.05) is 47.4 Å². The number of fused-ring (bicyclic) bond motifs is 1. The number of hydrogen-bond acceptors (Lipinski definition) is 4. The number of carbonyl (C=O) groups is 1. The summed E-state index contributed by atoms with van der Waals surface area (Å²) in [5, 5.41) is 2.09. The summed E-state index contributed by atoms with van der Waals surface area (Å²) in [6, 6.07) is 23.8. The quantitative estimate of drug-likeness (QED) is 0.357. The largest absolute Gasteiger partial charge is 0.416 e. The Labute approximate surface area is 218 Å². The molecule has 0 unspecified atom stereocenters. The molecule has 5 rings (SSSR count). The Bertz CT molecular complexity index is 1580. The maximum Gasteiger partial charge on any atom is 0.416 e. The van der Waals surface area contributed by atoms with Crippen molar-refractivity contribution < 1.29 is 26.4 Å². The fourth-order valence-electron chi connectivity index (χ4n) is 4.47. The van der Waals surface area contributed by atoms with Crippen LogP contribution < -0.4 is 9.62 Å². The van der Waals surface area contributed by atoms with E-state index in [2.05, 4.69) is 9.62 Å². The second-order valence-electron chi connectivity index (χ2n) is 9.02. The van der Waals surface area contributed by atoms with Gasteiger partial charge in [0.05, 0.1) is 10.5 Å². The summed E-state index contributed by atoms with van der Waals surface area (Å²) in [4.78, 5) is 16.5. The first-order chi connectivity index (χ1) is 18.1. The number of benzene rings is 4. The first-order valence-electron chi connectivity index (χ1n) is 11.9. The highest BCUT2D eigenvalue weighted by Crippen LogP contribution is 2.31. The fourth-order valence-corrected chi connectivity index (χ4v) is 5.57. The van der Waals surface area contributed by atoms with Crippen molar-refractivity contribution >= 4 is 38.1 Å². The smallest absolute Gasteiger partial charge is 0.368 e. The van der Waals surface area contributed by atoms with Gasteiger partial charge in [-0.3, -0.25) is 9.52 Å². The van der Waals surface area contributed by atoms with E-state index in [0.29, 0.717) is 37.8 Å². The van der Waals surface area contributed by atoms with Gasteiger partial charge in [-0.1, -0.05) is 36.4 Å². The van der Waals surface area contributed by atoms with Crippen LogP contribution in [0.15, 0.2) is 95.9 Å². The third kappa shape index (κ3) is 5.45. The molecule has 0 saturated carbocycles. The zero-order valence-electron chi connectivity index (χ0n) is 20.1. The third-order valence-electron chi connectivity index (χ3n) is 6.52. The molecule has 4 aromatic rings. The molecule has 38 heavy (non-hydrogen) atoms. The Balaban J connectivity index is 1.21. The van der Waals surface area contributed by atoms with Gasteiger partial charge >= 0.3 is 6.18 Å². The van der Waals surface area contributed by atoms with Crippen LogP contribution in [-0.2, 0) is 16.2 Å². The normalized spacial score (nSPS) is 14.5. The van der Waals surface area contributed by atoms with E-state index in [-0.39, 0.29) is 11.6 Å². The average Bonchev–Trinajstić information content (AvgIpc) is 2.92. The van der Waals surface area contributed by atoms with Crippen molar-refractivity contribution in [1.29, 1.82) is 0 Å². The molecule has 0 bridgehead atoms. The van der Waals surface area contributed by atoms with E-state index in [1.165, 1.54) is 0 Å². The highest BCUT2D eigenvalue weighted by molar-refractivity contribution is 7.92. The van der Waals surface area contributed by atoms with E-state index in [1.54, 1.807) is 24.3 Å². The number of amides is 1. The summed E-state index contributed by atoms with van der Waals surface area (Å²) in [7, 11) is -4.20. The summed E-state index contributed by atoms with van der Waals surface area (Å²) in [5.74, 6) is -0.0187. The maximum absolute atomic E-state index is 13.0. The minimum atomic E-state index is -4.64. The topological polar surface area (TPSA) is 69.7 Å². The maximum atomic E-state index is 13.0. The summed E-state index contributed by atoms with van der Waals surface area (Å²) < 4.78 is 66.5. The molecule has 1 fully saturated rings. The van der Waals surface area contributed by atoms with Crippen LogP contribution in [0.4, 0.5) is 24.5 Å². The SMILES string of the molecule is O=C(c1ccc2ccccc2c1)N1CCN(c2ccc(NS(=O)(=O)c3cccc(C(F)(F)F)c3)cc2)CC1. The molecule has 1 aliphatic rings. The third-order valence-corrected chi connectivity index (χ3v) is 7.90. The van der Waals surface area contributed by atoms with Gasteiger partial charge in [-0.05, 0) is 65.4 Å². The molecule has 6 nitrogen and oxygen atoms in total. The van der Waals surface area contributed by atoms with Gasteiger partial charge in [0.2, 0.25) is 0 Å². The number of nitrogens with one attached hydrogen (secondary N) is 1. The fraction of sp³-hybridized carbons (Fsp3) is 0.179. The van der Waals surface area contributed by atoms with Crippen LogP contribution in [0, 0.1) is 0 Å². The molecular formula is C28H24F3N3O3S. The molecule has 1 saturated heterocycles. The number of rotatable bonds is 5. The number of anilines is 2. The van der Waals surface area contributed by atoms with Crippen LogP contribution in [-0.4, -0.2) is 45.4 Å². The molecule has 10 heteroatoms. The first-order valence-corrected chi connectivity index (χ1v) is 13.4. The van der Waals surface area contributed by atoms with Crippen molar-refractivity contribution in [2.45, 2.75) is 11.1 Å². The summed E-state index contributed by atoms with van der Waals surface area (Å²) in [6.07, 6.45) is -4.64. The van der Waals surface area contributed by atoms with Gasteiger partial charge in [-0.25, -0.2) is 8.42 Å². The van der Waals surface area contributed by atoms with Gasteiger partial charge < -0.3 is 9.80 Å². The second-order valence-corrected chi connectivity index (χ2v) is 10.7. The van der Waals surface area contributed by atoms with Crippen molar-refractivity contribution in [3.63, 3.8) is 0 Å². The Hall–Kier alpha value is -4.05. The van der Waals surface area contributed by atoms with Crippen LogP contribution in [0.5, 0.6) is 0 Å². The summed E-state index contributed by atoms with van der Waals surface area (Å²) >= 11 is 0. The first kappa shape index (κ1) is 25.6. The zero-order valence-corrected chi connectivity index (χ0v) is 21.0. The average molecular weight is 540 g/mol. The lowest BCUT2D eigenvalue weighted by molar-refractivity contribution is -0.137. The van der Waals surface area contributed by atoms with Crippen LogP contribution >= 0.6 is 0 Å².